The molecule has 0 unspecified atom stereocenters. The number of anilines is 1. The van der Waals surface area contributed by atoms with Crippen LogP contribution < -0.4 is 14.8 Å². The van der Waals surface area contributed by atoms with Crippen molar-refractivity contribution in [2.45, 2.75) is 6.10 Å². The first-order valence-electron chi connectivity index (χ1n) is 9.99. The SMILES string of the molecule is CS(=O)(=O)Nc1cccc([C@H](O)CNCCOc2ccc3c(c2)[nH]c2ccccc23)c1. The average molecular weight is 440 g/mol. The summed E-state index contributed by atoms with van der Waals surface area (Å²) >= 11 is 0. The monoisotopic (exact) mass is 439 g/mol. The number of nitrogens with one attached hydrogen (secondary N) is 3. The lowest BCUT2D eigenvalue weighted by Gasteiger charge is -2.14. The van der Waals surface area contributed by atoms with E-state index in [4.69, 9.17) is 4.74 Å². The van der Waals surface area contributed by atoms with Crippen molar-refractivity contribution in [3.05, 3.63) is 72.3 Å². The fourth-order valence-electron chi connectivity index (χ4n) is 3.54. The lowest BCUT2D eigenvalue weighted by atomic mass is 10.1. The van der Waals surface area contributed by atoms with E-state index in [2.05, 4.69) is 33.2 Å². The molecule has 7 nitrogen and oxygen atoms in total. The number of para-hydroxylation sites is 1. The molecule has 4 N–H and O–H groups in total. The minimum Gasteiger partial charge on any atom is -0.492 e. The first kappa shape index (κ1) is 21.2. The van der Waals surface area contributed by atoms with Gasteiger partial charge in [0.25, 0.3) is 0 Å². The maximum Gasteiger partial charge on any atom is 0.229 e. The van der Waals surface area contributed by atoms with Crippen LogP contribution in [-0.4, -0.2) is 44.5 Å². The average Bonchev–Trinajstić information content (AvgIpc) is 3.10. The Bertz CT molecular complexity index is 1300. The Morgan fingerprint density at radius 2 is 1.81 bits per heavy atom. The van der Waals surface area contributed by atoms with Crippen LogP contribution in [0.5, 0.6) is 5.75 Å². The van der Waals surface area contributed by atoms with Crippen molar-refractivity contribution in [2.75, 3.05) is 30.7 Å². The molecule has 162 valence electrons. The second-order valence-corrected chi connectivity index (χ2v) is 9.19. The van der Waals surface area contributed by atoms with E-state index in [1.165, 1.54) is 5.39 Å². The molecule has 0 radical (unpaired) electrons. The van der Waals surface area contributed by atoms with Crippen LogP contribution in [-0.2, 0) is 10.0 Å². The van der Waals surface area contributed by atoms with Gasteiger partial charge in [-0.15, -0.1) is 0 Å². The minimum atomic E-state index is -3.36. The predicted octanol–water partition coefficient (Wildman–Crippen LogP) is 3.39. The Kier molecular flexibility index (Phi) is 6.13. The van der Waals surface area contributed by atoms with Gasteiger partial charge in [-0.1, -0.05) is 30.3 Å². The quantitative estimate of drug-likeness (QED) is 0.299. The normalized spacial score (nSPS) is 12.8. The van der Waals surface area contributed by atoms with Gasteiger partial charge >= 0.3 is 0 Å². The highest BCUT2D eigenvalue weighted by atomic mass is 32.2. The maximum atomic E-state index is 11.4. The highest BCUT2D eigenvalue weighted by Crippen LogP contribution is 2.28. The first-order valence-corrected chi connectivity index (χ1v) is 11.9. The van der Waals surface area contributed by atoms with Gasteiger partial charge in [-0.25, -0.2) is 8.42 Å². The van der Waals surface area contributed by atoms with Crippen molar-refractivity contribution in [2.24, 2.45) is 0 Å². The molecule has 1 heterocycles. The number of sulfonamides is 1. The Morgan fingerprint density at radius 1 is 1.00 bits per heavy atom. The molecule has 0 aliphatic carbocycles. The standard InChI is InChI=1S/C23H25N3O4S/c1-31(28,29)26-17-6-4-5-16(13-17)23(27)15-24-11-12-30-18-9-10-20-19-7-2-3-8-21(19)25-22(20)14-18/h2-10,13-14,23-27H,11-12,15H2,1H3/t23-/m1/s1. The van der Waals surface area contributed by atoms with E-state index in [0.717, 1.165) is 28.4 Å². The van der Waals surface area contributed by atoms with Gasteiger partial charge < -0.3 is 20.1 Å². The van der Waals surface area contributed by atoms with Crippen molar-refractivity contribution in [1.82, 2.24) is 10.3 Å². The molecule has 4 rings (SSSR count). The summed E-state index contributed by atoms with van der Waals surface area (Å²) in [5, 5.41) is 15.9. The maximum absolute atomic E-state index is 11.4. The Labute approximate surface area is 181 Å². The van der Waals surface area contributed by atoms with Crippen LogP contribution in [0.25, 0.3) is 21.8 Å². The molecule has 0 amide bonds. The van der Waals surface area contributed by atoms with Crippen LogP contribution in [0.4, 0.5) is 5.69 Å². The van der Waals surface area contributed by atoms with Crippen LogP contribution in [0, 0.1) is 0 Å². The Hall–Kier alpha value is -3.07. The largest absolute Gasteiger partial charge is 0.492 e. The van der Waals surface area contributed by atoms with Crippen molar-refractivity contribution in [3.8, 4) is 5.75 Å². The molecular formula is C23H25N3O4S. The molecule has 0 aliphatic rings. The van der Waals surface area contributed by atoms with Crippen molar-refractivity contribution < 1.29 is 18.3 Å². The van der Waals surface area contributed by atoms with Gasteiger partial charge in [0.2, 0.25) is 10.0 Å². The highest BCUT2D eigenvalue weighted by Gasteiger charge is 2.10. The minimum absolute atomic E-state index is 0.326. The summed E-state index contributed by atoms with van der Waals surface area (Å²) in [6.07, 6.45) is 0.331. The molecule has 0 saturated heterocycles. The molecule has 3 aromatic carbocycles. The number of aliphatic hydroxyl groups is 1. The third-order valence-electron chi connectivity index (χ3n) is 4.94. The summed E-state index contributed by atoms with van der Waals surface area (Å²) in [5.74, 6) is 0.779. The van der Waals surface area contributed by atoms with Crippen LogP contribution in [0.3, 0.4) is 0 Å². The zero-order valence-electron chi connectivity index (χ0n) is 17.1. The van der Waals surface area contributed by atoms with Crippen molar-refractivity contribution >= 4 is 37.5 Å². The van der Waals surface area contributed by atoms with Gasteiger partial charge in [0.15, 0.2) is 0 Å². The number of aromatic amines is 1. The third-order valence-corrected chi connectivity index (χ3v) is 5.54. The van der Waals surface area contributed by atoms with E-state index >= 15 is 0 Å². The van der Waals surface area contributed by atoms with Crippen LogP contribution >= 0.6 is 0 Å². The molecule has 0 saturated carbocycles. The topological polar surface area (TPSA) is 103 Å². The lowest BCUT2D eigenvalue weighted by molar-refractivity contribution is 0.172. The number of rotatable bonds is 9. The number of hydrogen-bond donors (Lipinski definition) is 4. The predicted molar refractivity (Wildman–Crippen MR) is 124 cm³/mol. The highest BCUT2D eigenvalue weighted by molar-refractivity contribution is 7.92. The molecule has 0 fully saturated rings. The van der Waals surface area contributed by atoms with Gasteiger partial charge in [-0.3, -0.25) is 4.72 Å². The number of aromatic nitrogens is 1. The van der Waals surface area contributed by atoms with E-state index < -0.39 is 16.1 Å². The molecule has 0 spiro atoms. The Balaban J connectivity index is 1.27. The van der Waals surface area contributed by atoms with Gasteiger partial charge in [-0.2, -0.15) is 0 Å². The number of fused-ring (bicyclic) bond motifs is 3. The number of hydrogen-bond acceptors (Lipinski definition) is 5. The summed E-state index contributed by atoms with van der Waals surface area (Å²) in [7, 11) is -3.36. The van der Waals surface area contributed by atoms with Gasteiger partial charge in [0.05, 0.1) is 17.9 Å². The van der Waals surface area contributed by atoms with Crippen LogP contribution in [0.15, 0.2) is 66.7 Å². The summed E-state index contributed by atoms with van der Waals surface area (Å²) in [6.45, 7) is 1.34. The van der Waals surface area contributed by atoms with E-state index in [0.29, 0.717) is 30.9 Å². The molecular weight excluding hydrogens is 414 g/mol. The fraction of sp³-hybridized carbons (Fsp3) is 0.217. The molecule has 31 heavy (non-hydrogen) atoms. The second-order valence-electron chi connectivity index (χ2n) is 7.45. The second kappa shape index (κ2) is 8.97. The Morgan fingerprint density at radius 3 is 2.65 bits per heavy atom. The number of H-pyrrole nitrogens is 1. The third kappa shape index (κ3) is 5.35. The van der Waals surface area contributed by atoms with Gasteiger partial charge in [0.1, 0.15) is 12.4 Å². The zero-order chi connectivity index (χ0) is 21.8. The molecule has 0 aliphatic heterocycles. The summed E-state index contributed by atoms with van der Waals surface area (Å²) < 4.78 is 31.0. The summed E-state index contributed by atoms with van der Waals surface area (Å²) in [6, 6.07) is 20.9. The molecule has 8 heteroatoms. The number of ether oxygens (including phenoxy) is 1. The summed E-state index contributed by atoms with van der Waals surface area (Å²) in [4.78, 5) is 3.40. The van der Waals surface area contributed by atoms with E-state index in [1.54, 1.807) is 24.3 Å². The molecule has 0 bridgehead atoms. The summed E-state index contributed by atoms with van der Waals surface area (Å²) in [5.41, 5.74) is 3.19. The molecule has 4 aromatic rings. The van der Waals surface area contributed by atoms with Gasteiger partial charge in [0, 0.05) is 41.1 Å². The van der Waals surface area contributed by atoms with E-state index in [-0.39, 0.29) is 0 Å². The van der Waals surface area contributed by atoms with E-state index in [1.807, 2.05) is 24.3 Å². The lowest BCUT2D eigenvalue weighted by Crippen LogP contribution is -2.26. The van der Waals surface area contributed by atoms with Crippen LogP contribution in [0.1, 0.15) is 11.7 Å². The number of aliphatic hydroxyl groups excluding tert-OH is 1. The molecule has 1 aromatic heterocycles. The smallest absolute Gasteiger partial charge is 0.229 e. The van der Waals surface area contributed by atoms with E-state index in [9.17, 15) is 13.5 Å². The zero-order valence-corrected chi connectivity index (χ0v) is 17.9. The van der Waals surface area contributed by atoms with Crippen LogP contribution in [0.2, 0.25) is 0 Å². The molecule has 1 atom stereocenters. The van der Waals surface area contributed by atoms with Crippen molar-refractivity contribution in [1.29, 1.82) is 0 Å². The first-order chi connectivity index (χ1) is 14.9. The number of benzene rings is 3. The van der Waals surface area contributed by atoms with Gasteiger partial charge in [-0.05, 0) is 35.9 Å². The fourth-order valence-corrected chi connectivity index (χ4v) is 4.10. The van der Waals surface area contributed by atoms with Crippen molar-refractivity contribution in [3.63, 3.8) is 0 Å².